The van der Waals surface area contributed by atoms with Gasteiger partial charge in [-0.15, -0.1) is 11.8 Å². The highest BCUT2D eigenvalue weighted by Crippen LogP contribution is 2.36. The van der Waals surface area contributed by atoms with Crippen molar-refractivity contribution in [1.29, 1.82) is 0 Å². The molecule has 1 atom stereocenters. The first-order valence-electron chi connectivity index (χ1n) is 6.15. The molecule has 0 N–H and O–H groups in total. The van der Waals surface area contributed by atoms with Gasteiger partial charge in [0, 0.05) is 23.9 Å². The van der Waals surface area contributed by atoms with Crippen molar-refractivity contribution in [3.63, 3.8) is 0 Å². The first kappa shape index (κ1) is 13.1. The molecule has 6 heteroatoms. The van der Waals surface area contributed by atoms with Gasteiger partial charge in [0.05, 0.1) is 10.2 Å². The highest BCUT2D eigenvalue weighted by Gasteiger charge is 2.31. The van der Waals surface area contributed by atoms with Crippen LogP contribution in [0.2, 0.25) is 0 Å². The smallest absolute Gasteiger partial charge is 0.243 e. The number of fused-ring (bicyclic) bond motifs is 1. The number of anilines is 1. The van der Waals surface area contributed by atoms with Crippen molar-refractivity contribution in [2.45, 2.75) is 17.7 Å². The molecule has 19 heavy (non-hydrogen) atoms. The normalized spacial score (nSPS) is 19.8. The topological polar surface area (TPSA) is 16.1 Å². The maximum atomic E-state index is 12.7. The number of hydrogen-bond donors (Lipinski definition) is 0. The van der Waals surface area contributed by atoms with Gasteiger partial charge in [-0.25, -0.2) is 13.8 Å². The molecule has 0 aliphatic carbocycles. The van der Waals surface area contributed by atoms with Gasteiger partial charge < -0.3 is 4.90 Å². The minimum atomic E-state index is -2.22. The minimum Gasteiger partial charge on any atom is -0.348 e. The number of para-hydroxylation sites is 1. The Hall–Kier alpha value is -0.880. The maximum Gasteiger partial charge on any atom is 0.243 e. The Morgan fingerprint density at radius 1 is 1.47 bits per heavy atom. The lowest BCUT2D eigenvalue weighted by atomic mass is 10.1. The standard InChI is InChI=1S/C13H14F2N2S2/c1-18-9-3-2-4-10-11(9)16-13(19-10)17-6-5-8(7-17)12(14)15/h2-4,8,12H,5-7H2,1H3. The molecule has 0 saturated carbocycles. The summed E-state index contributed by atoms with van der Waals surface area (Å²) in [6, 6.07) is 6.10. The van der Waals surface area contributed by atoms with Gasteiger partial charge in [-0.1, -0.05) is 17.4 Å². The monoisotopic (exact) mass is 300 g/mol. The molecule has 2 aromatic rings. The second-order valence-corrected chi connectivity index (χ2v) is 6.49. The van der Waals surface area contributed by atoms with Crippen LogP contribution < -0.4 is 4.90 Å². The summed E-state index contributed by atoms with van der Waals surface area (Å²) in [4.78, 5) is 7.77. The van der Waals surface area contributed by atoms with Crippen LogP contribution in [-0.2, 0) is 0 Å². The van der Waals surface area contributed by atoms with Gasteiger partial charge in [-0.05, 0) is 24.8 Å². The van der Waals surface area contributed by atoms with Gasteiger partial charge in [-0.2, -0.15) is 0 Å². The Balaban J connectivity index is 1.90. The fraction of sp³-hybridized carbons (Fsp3) is 0.462. The van der Waals surface area contributed by atoms with E-state index in [-0.39, 0.29) is 0 Å². The number of aromatic nitrogens is 1. The number of alkyl halides is 2. The van der Waals surface area contributed by atoms with Crippen LogP contribution in [0.1, 0.15) is 6.42 Å². The zero-order chi connectivity index (χ0) is 13.4. The lowest BCUT2D eigenvalue weighted by Crippen LogP contribution is -2.21. The maximum absolute atomic E-state index is 12.7. The highest BCUT2D eigenvalue weighted by atomic mass is 32.2. The van der Waals surface area contributed by atoms with E-state index in [2.05, 4.69) is 4.98 Å². The Bertz CT molecular complexity index is 585. The summed E-state index contributed by atoms with van der Waals surface area (Å²) in [7, 11) is 0. The van der Waals surface area contributed by atoms with Crippen LogP contribution in [0.15, 0.2) is 23.1 Å². The van der Waals surface area contributed by atoms with E-state index in [4.69, 9.17) is 0 Å². The average molecular weight is 300 g/mol. The molecule has 0 bridgehead atoms. The SMILES string of the molecule is CSc1cccc2sc(N3CCC(C(F)F)C3)nc12. The van der Waals surface area contributed by atoms with Crippen molar-refractivity contribution >= 4 is 38.4 Å². The lowest BCUT2D eigenvalue weighted by Gasteiger charge is -2.14. The van der Waals surface area contributed by atoms with E-state index in [9.17, 15) is 8.78 Å². The second-order valence-electron chi connectivity index (χ2n) is 4.63. The van der Waals surface area contributed by atoms with Crippen molar-refractivity contribution in [1.82, 2.24) is 4.98 Å². The number of halogens is 2. The number of benzene rings is 1. The third kappa shape index (κ3) is 2.43. The molecule has 0 spiro atoms. The van der Waals surface area contributed by atoms with Gasteiger partial charge in [-0.3, -0.25) is 0 Å². The largest absolute Gasteiger partial charge is 0.348 e. The molecule has 1 aliphatic rings. The molecular formula is C13H14F2N2S2. The Kier molecular flexibility index (Phi) is 3.62. The first-order valence-corrected chi connectivity index (χ1v) is 8.20. The Morgan fingerprint density at radius 2 is 2.32 bits per heavy atom. The minimum absolute atomic E-state index is 0.423. The molecular weight excluding hydrogens is 286 g/mol. The zero-order valence-electron chi connectivity index (χ0n) is 10.5. The molecule has 2 heterocycles. The third-order valence-electron chi connectivity index (χ3n) is 3.44. The number of hydrogen-bond acceptors (Lipinski definition) is 4. The summed E-state index contributed by atoms with van der Waals surface area (Å²) in [5, 5.41) is 0.875. The van der Waals surface area contributed by atoms with Crippen LogP contribution in [0.3, 0.4) is 0 Å². The molecule has 0 radical (unpaired) electrons. The fourth-order valence-electron chi connectivity index (χ4n) is 2.38. The summed E-state index contributed by atoms with van der Waals surface area (Å²) < 4.78 is 26.5. The molecule has 102 valence electrons. The first-order chi connectivity index (χ1) is 9.19. The molecule has 3 rings (SSSR count). The molecule has 1 aromatic heterocycles. The van der Waals surface area contributed by atoms with E-state index in [0.717, 1.165) is 20.2 Å². The zero-order valence-corrected chi connectivity index (χ0v) is 12.1. The highest BCUT2D eigenvalue weighted by molar-refractivity contribution is 7.98. The predicted octanol–water partition coefficient (Wildman–Crippen LogP) is 4.11. The van der Waals surface area contributed by atoms with Crippen LogP contribution in [0.25, 0.3) is 10.2 Å². The van der Waals surface area contributed by atoms with Crippen LogP contribution >= 0.6 is 23.1 Å². The Labute approximate surface area is 118 Å². The summed E-state index contributed by atoms with van der Waals surface area (Å²) >= 11 is 3.26. The van der Waals surface area contributed by atoms with E-state index < -0.39 is 12.3 Å². The summed E-state index contributed by atoms with van der Waals surface area (Å²) in [6.45, 7) is 1.11. The number of thioether (sulfide) groups is 1. The summed E-state index contributed by atoms with van der Waals surface area (Å²) in [6.07, 6.45) is 0.362. The quantitative estimate of drug-likeness (QED) is 0.794. The molecule has 2 nitrogen and oxygen atoms in total. The van der Waals surface area contributed by atoms with Crippen molar-refractivity contribution in [2.24, 2.45) is 5.92 Å². The molecule has 0 amide bonds. The average Bonchev–Trinajstić information content (AvgIpc) is 3.04. The van der Waals surface area contributed by atoms with E-state index in [1.165, 1.54) is 0 Å². The fourth-order valence-corrected chi connectivity index (χ4v) is 4.03. The van der Waals surface area contributed by atoms with E-state index in [1.54, 1.807) is 23.1 Å². The van der Waals surface area contributed by atoms with Crippen LogP contribution in [0.5, 0.6) is 0 Å². The number of nitrogens with zero attached hydrogens (tertiary/aromatic N) is 2. The molecule has 1 aliphatic heterocycles. The van der Waals surface area contributed by atoms with Crippen molar-refractivity contribution < 1.29 is 8.78 Å². The molecule has 1 fully saturated rings. The molecule has 1 aromatic carbocycles. The van der Waals surface area contributed by atoms with Gasteiger partial charge in [0.2, 0.25) is 6.43 Å². The van der Waals surface area contributed by atoms with Crippen molar-refractivity contribution in [3.05, 3.63) is 18.2 Å². The van der Waals surface area contributed by atoms with E-state index in [1.807, 2.05) is 29.4 Å². The van der Waals surface area contributed by atoms with Gasteiger partial charge >= 0.3 is 0 Å². The van der Waals surface area contributed by atoms with E-state index >= 15 is 0 Å². The lowest BCUT2D eigenvalue weighted by molar-refractivity contribution is 0.0880. The van der Waals surface area contributed by atoms with Gasteiger partial charge in [0.25, 0.3) is 0 Å². The molecule has 1 unspecified atom stereocenters. The van der Waals surface area contributed by atoms with Gasteiger partial charge in [0.1, 0.15) is 0 Å². The number of thiazole rings is 1. The van der Waals surface area contributed by atoms with Crippen LogP contribution in [0.4, 0.5) is 13.9 Å². The summed E-state index contributed by atoms with van der Waals surface area (Å²) in [5.41, 5.74) is 0.996. The molecule has 1 saturated heterocycles. The van der Waals surface area contributed by atoms with Crippen LogP contribution in [0, 0.1) is 5.92 Å². The Morgan fingerprint density at radius 3 is 3.00 bits per heavy atom. The predicted molar refractivity (Wildman–Crippen MR) is 77.7 cm³/mol. The number of rotatable bonds is 3. The second kappa shape index (κ2) is 5.25. The summed E-state index contributed by atoms with van der Waals surface area (Å²) in [5.74, 6) is -0.507. The van der Waals surface area contributed by atoms with Crippen molar-refractivity contribution in [2.75, 3.05) is 24.2 Å². The van der Waals surface area contributed by atoms with E-state index in [0.29, 0.717) is 19.5 Å². The van der Waals surface area contributed by atoms with Crippen LogP contribution in [-0.4, -0.2) is 30.8 Å². The third-order valence-corrected chi connectivity index (χ3v) is 5.29. The van der Waals surface area contributed by atoms with Gasteiger partial charge in [0.15, 0.2) is 5.13 Å². The van der Waals surface area contributed by atoms with Crippen molar-refractivity contribution in [3.8, 4) is 0 Å².